The highest BCUT2D eigenvalue weighted by Crippen LogP contribution is 2.32. The van der Waals surface area contributed by atoms with Gasteiger partial charge in [0.05, 0.1) is 5.69 Å². The third-order valence-electron chi connectivity index (χ3n) is 2.29. The predicted molar refractivity (Wildman–Crippen MR) is 56.3 cm³/mol. The molecule has 0 atom stereocenters. The minimum Gasteiger partial charge on any atom is -0.383 e. The Kier molecular flexibility index (Phi) is 2.12. The molecule has 0 aromatic heterocycles. The SMILES string of the molecule is Cc1ccc2c(c1Br)NCCC2=O. The van der Waals surface area contributed by atoms with Crippen LogP contribution in [0, 0.1) is 6.92 Å². The molecule has 1 aromatic carbocycles. The van der Waals surface area contributed by atoms with Crippen LogP contribution in [0.1, 0.15) is 22.3 Å². The van der Waals surface area contributed by atoms with Gasteiger partial charge in [0, 0.05) is 23.0 Å². The summed E-state index contributed by atoms with van der Waals surface area (Å²) in [7, 11) is 0. The van der Waals surface area contributed by atoms with E-state index in [9.17, 15) is 4.79 Å². The second-order valence-electron chi connectivity index (χ2n) is 3.22. The molecule has 13 heavy (non-hydrogen) atoms. The minimum atomic E-state index is 0.231. The molecule has 2 rings (SSSR count). The third kappa shape index (κ3) is 1.37. The summed E-state index contributed by atoms with van der Waals surface area (Å²) in [5.41, 5.74) is 2.92. The minimum absolute atomic E-state index is 0.231. The Morgan fingerprint density at radius 1 is 1.46 bits per heavy atom. The Labute approximate surface area is 85.5 Å². The first-order valence-corrected chi connectivity index (χ1v) is 5.05. The van der Waals surface area contributed by atoms with Crippen LogP contribution in [-0.4, -0.2) is 12.3 Å². The number of carbonyl (C=O) groups excluding carboxylic acids is 1. The summed E-state index contributed by atoms with van der Waals surface area (Å²) >= 11 is 3.48. The van der Waals surface area contributed by atoms with Crippen LogP contribution in [0.5, 0.6) is 0 Å². The lowest BCUT2D eigenvalue weighted by molar-refractivity contribution is 0.0983. The van der Waals surface area contributed by atoms with Crippen molar-refractivity contribution in [2.45, 2.75) is 13.3 Å². The zero-order valence-electron chi connectivity index (χ0n) is 7.36. The Morgan fingerprint density at radius 2 is 2.23 bits per heavy atom. The van der Waals surface area contributed by atoms with Crippen LogP contribution < -0.4 is 5.32 Å². The standard InChI is InChI=1S/C10H10BrNO/c1-6-2-3-7-8(13)4-5-12-10(7)9(6)11/h2-3,12H,4-5H2,1H3. The number of hydrogen-bond acceptors (Lipinski definition) is 2. The molecule has 0 bridgehead atoms. The van der Waals surface area contributed by atoms with E-state index >= 15 is 0 Å². The van der Waals surface area contributed by atoms with Gasteiger partial charge in [0.1, 0.15) is 0 Å². The molecule has 0 spiro atoms. The molecule has 0 unspecified atom stereocenters. The second-order valence-corrected chi connectivity index (χ2v) is 4.01. The monoisotopic (exact) mass is 239 g/mol. The van der Waals surface area contributed by atoms with Crippen LogP contribution in [0.4, 0.5) is 5.69 Å². The zero-order chi connectivity index (χ0) is 9.42. The summed E-state index contributed by atoms with van der Waals surface area (Å²) in [6.45, 7) is 2.76. The summed E-state index contributed by atoms with van der Waals surface area (Å²) in [4.78, 5) is 11.5. The van der Waals surface area contributed by atoms with Crippen molar-refractivity contribution in [2.75, 3.05) is 11.9 Å². The van der Waals surface area contributed by atoms with E-state index < -0.39 is 0 Å². The summed E-state index contributed by atoms with van der Waals surface area (Å²) in [5.74, 6) is 0.231. The molecule has 0 saturated heterocycles. The Hall–Kier alpha value is -0.830. The highest BCUT2D eigenvalue weighted by molar-refractivity contribution is 9.10. The maximum Gasteiger partial charge on any atom is 0.166 e. The van der Waals surface area contributed by atoms with Crippen molar-refractivity contribution in [1.82, 2.24) is 0 Å². The second kappa shape index (κ2) is 3.14. The molecule has 0 aliphatic carbocycles. The first-order chi connectivity index (χ1) is 6.20. The van der Waals surface area contributed by atoms with Crippen LogP contribution in [0.15, 0.2) is 16.6 Å². The fraction of sp³-hybridized carbons (Fsp3) is 0.300. The molecule has 0 fully saturated rings. The highest BCUT2D eigenvalue weighted by Gasteiger charge is 2.19. The number of halogens is 1. The summed E-state index contributed by atoms with van der Waals surface area (Å²) < 4.78 is 1.01. The van der Waals surface area contributed by atoms with E-state index in [4.69, 9.17) is 0 Å². The number of aryl methyl sites for hydroxylation is 1. The van der Waals surface area contributed by atoms with Crippen LogP contribution in [0.3, 0.4) is 0 Å². The van der Waals surface area contributed by atoms with Gasteiger partial charge < -0.3 is 5.32 Å². The molecular weight excluding hydrogens is 230 g/mol. The lowest BCUT2D eigenvalue weighted by atomic mass is 10.0. The van der Waals surface area contributed by atoms with Gasteiger partial charge in [-0.05, 0) is 34.5 Å². The van der Waals surface area contributed by atoms with E-state index in [0.717, 1.165) is 27.8 Å². The van der Waals surface area contributed by atoms with Crippen LogP contribution in [0.25, 0.3) is 0 Å². The maximum absolute atomic E-state index is 11.5. The van der Waals surface area contributed by atoms with E-state index in [1.165, 1.54) is 0 Å². The van der Waals surface area contributed by atoms with E-state index in [-0.39, 0.29) is 5.78 Å². The van der Waals surface area contributed by atoms with Gasteiger partial charge in [-0.1, -0.05) is 6.07 Å². The van der Waals surface area contributed by atoms with Gasteiger partial charge in [-0.15, -0.1) is 0 Å². The lowest BCUT2D eigenvalue weighted by Crippen LogP contribution is -2.18. The molecular formula is C10H10BrNO. The Bertz CT molecular complexity index is 373. The van der Waals surface area contributed by atoms with Gasteiger partial charge in [-0.2, -0.15) is 0 Å². The molecule has 1 aromatic rings. The molecule has 3 heteroatoms. The number of hydrogen-bond donors (Lipinski definition) is 1. The van der Waals surface area contributed by atoms with Crippen LogP contribution >= 0.6 is 15.9 Å². The lowest BCUT2D eigenvalue weighted by Gasteiger charge is -2.19. The molecule has 0 amide bonds. The van der Waals surface area contributed by atoms with Crippen molar-refractivity contribution in [3.8, 4) is 0 Å². The molecule has 1 heterocycles. The molecule has 0 saturated carbocycles. The smallest absolute Gasteiger partial charge is 0.166 e. The van der Waals surface area contributed by atoms with Crippen molar-refractivity contribution in [1.29, 1.82) is 0 Å². The van der Waals surface area contributed by atoms with Crippen molar-refractivity contribution in [2.24, 2.45) is 0 Å². The van der Waals surface area contributed by atoms with Gasteiger partial charge in [0.2, 0.25) is 0 Å². The summed E-state index contributed by atoms with van der Waals surface area (Å²) in [6.07, 6.45) is 0.600. The fourth-order valence-corrected chi connectivity index (χ4v) is 2.01. The largest absolute Gasteiger partial charge is 0.383 e. The molecule has 2 nitrogen and oxygen atoms in total. The van der Waals surface area contributed by atoms with E-state index in [1.54, 1.807) is 0 Å². The maximum atomic E-state index is 11.5. The zero-order valence-corrected chi connectivity index (χ0v) is 8.94. The first-order valence-electron chi connectivity index (χ1n) is 4.26. The van der Waals surface area contributed by atoms with Crippen molar-refractivity contribution in [3.05, 3.63) is 27.7 Å². The topological polar surface area (TPSA) is 29.1 Å². The number of Topliss-reactive ketones (excluding diaryl/α,β-unsaturated/α-hetero) is 1. The van der Waals surface area contributed by atoms with E-state index in [1.807, 2.05) is 19.1 Å². The molecule has 0 radical (unpaired) electrons. The predicted octanol–water partition coefficient (Wildman–Crippen LogP) is 2.76. The number of benzene rings is 1. The first kappa shape index (κ1) is 8.75. The number of carbonyl (C=O) groups is 1. The van der Waals surface area contributed by atoms with Crippen molar-refractivity contribution < 1.29 is 4.79 Å². The van der Waals surface area contributed by atoms with Crippen molar-refractivity contribution >= 4 is 27.4 Å². The average Bonchev–Trinajstić information content (AvgIpc) is 2.12. The summed E-state index contributed by atoms with van der Waals surface area (Å²) in [6, 6.07) is 3.86. The number of rotatable bonds is 0. The van der Waals surface area contributed by atoms with Crippen LogP contribution in [-0.2, 0) is 0 Å². The molecule has 1 aliphatic heterocycles. The number of fused-ring (bicyclic) bond motifs is 1. The van der Waals surface area contributed by atoms with Gasteiger partial charge in [-0.3, -0.25) is 4.79 Å². The number of nitrogens with one attached hydrogen (secondary N) is 1. The highest BCUT2D eigenvalue weighted by atomic mass is 79.9. The van der Waals surface area contributed by atoms with Gasteiger partial charge in [0.15, 0.2) is 5.78 Å². The molecule has 1 N–H and O–H groups in total. The summed E-state index contributed by atoms with van der Waals surface area (Å²) in [5, 5.41) is 3.23. The normalized spacial score (nSPS) is 15.1. The van der Waals surface area contributed by atoms with E-state index in [0.29, 0.717) is 6.42 Å². The molecule has 68 valence electrons. The van der Waals surface area contributed by atoms with Gasteiger partial charge >= 0.3 is 0 Å². The number of anilines is 1. The fourth-order valence-electron chi connectivity index (χ4n) is 1.52. The van der Waals surface area contributed by atoms with Crippen LogP contribution in [0.2, 0.25) is 0 Å². The van der Waals surface area contributed by atoms with Gasteiger partial charge in [-0.25, -0.2) is 0 Å². The third-order valence-corrected chi connectivity index (χ3v) is 3.31. The number of ketones is 1. The van der Waals surface area contributed by atoms with E-state index in [2.05, 4.69) is 21.2 Å². The van der Waals surface area contributed by atoms with Gasteiger partial charge in [0.25, 0.3) is 0 Å². The quantitative estimate of drug-likeness (QED) is 0.755. The van der Waals surface area contributed by atoms with Crippen molar-refractivity contribution in [3.63, 3.8) is 0 Å². The average molecular weight is 240 g/mol. The Morgan fingerprint density at radius 3 is 3.00 bits per heavy atom. The molecule has 1 aliphatic rings. The Balaban J connectivity index is 2.63.